The standard InChI is InChI=1S/C36H31N3O6S/c1-5-44-35(41)31-32(24-9-7-6-8-10-24)37-36-38(33(31)25-14-12-23(13-15-25)21(2)3)34(40)30(46-36)20-26-16-18-29(45-26)27-17-11-22(4)19-28(27)39(42)43/h6-21,33H,5H2,1-4H3/b30-20-. The summed E-state index contributed by atoms with van der Waals surface area (Å²) in [5.74, 6) is 0.411. The minimum Gasteiger partial charge on any atom is -0.463 e. The maximum Gasteiger partial charge on any atom is 0.338 e. The Morgan fingerprint density at radius 1 is 1.09 bits per heavy atom. The number of nitro groups is 1. The lowest BCUT2D eigenvalue weighted by molar-refractivity contribution is -0.384. The van der Waals surface area contributed by atoms with Crippen molar-refractivity contribution in [2.24, 2.45) is 4.99 Å². The SMILES string of the molecule is CCOC(=O)C1=C(c2ccccc2)N=c2s/c(=C\c3ccc(-c4ccc(C)cc4[N+](=O)[O-])o3)c(=O)n2C1c1ccc(C(C)C)cc1. The third-order valence-corrected chi connectivity index (χ3v) is 8.79. The van der Waals surface area contributed by atoms with Gasteiger partial charge in [-0.2, -0.15) is 0 Å². The second kappa shape index (κ2) is 12.6. The summed E-state index contributed by atoms with van der Waals surface area (Å²) in [7, 11) is 0. The van der Waals surface area contributed by atoms with E-state index in [0.29, 0.717) is 38.0 Å². The van der Waals surface area contributed by atoms with Gasteiger partial charge in [-0.15, -0.1) is 0 Å². The van der Waals surface area contributed by atoms with Gasteiger partial charge >= 0.3 is 5.97 Å². The Balaban J connectivity index is 1.55. The van der Waals surface area contributed by atoms with Gasteiger partial charge in [0.25, 0.3) is 11.2 Å². The summed E-state index contributed by atoms with van der Waals surface area (Å²) in [4.78, 5) is 44.4. The van der Waals surface area contributed by atoms with E-state index in [4.69, 9.17) is 14.1 Å². The van der Waals surface area contributed by atoms with Crippen molar-refractivity contribution >= 4 is 34.8 Å². The fraction of sp³-hybridized carbons (Fsp3) is 0.194. The molecule has 1 atom stereocenters. The molecule has 2 aromatic heterocycles. The maximum atomic E-state index is 14.2. The van der Waals surface area contributed by atoms with Crippen molar-refractivity contribution in [3.63, 3.8) is 0 Å². The molecule has 1 unspecified atom stereocenters. The second-order valence-corrected chi connectivity index (χ2v) is 12.2. The Morgan fingerprint density at radius 2 is 1.83 bits per heavy atom. The minimum atomic E-state index is -0.795. The first kappa shape index (κ1) is 30.7. The summed E-state index contributed by atoms with van der Waals surface area (Å²) >= 11 is 1.18. The molecule has 10 heteroatoms. The highest BCUT2D eigenvalue weighted by Gasteiger charge is 2.35. The number of thiazole rings is 1. The molecule has 0 saturated carbocycles. The third-order valence-electron chi connectivity index (χ3n) is 7.81. The Morgan fingerprint density at radius 3 is 2.50 bits per heavy atom. The molecule has 0 saturated heterocycles. The predicted octanol–water partition coefficient (Wildman–Crippen LogP) is 6.54. The number of nitrogens with zero attached hydrogens (tertiary/aromatic N) is 3. The van der Waals surface area contributed by atoms with E-state index in [9.17, 15) is 19.7 Å². The van der Waals surface area contributed by atoms with Crippen LogP contribution in [0.15, 0.2) is 105 Å². The zero-order valence-electron chi connectivity index (χ0n) is 25.7. The summed E-state index contributed by atoms with van der Waals surface area (Å²) in [5.41, 5.74) is 4.00. The zero-order chi connectivity index (χ0) is 32.5. The van der Waals surface area contributed by atoms with Crippen molar-refractivity contribution in [2.75, 3.05) is 6.61 Å². The molecule has 0 bridgehead atoms. The number of hydrogen-bond acceptors (Lipinski definition) is 8. The summed E-state index contributed by atoms with van der Waals surface area (Å²) < 4.78 is 13.4. The predicted molar refractivity (Wildman–Crippen MR) is 177 cm³/mol. The average Bonchev–Trinajstić information content (AvgIpc) is 3.64. The van der Waals surface area contributed by atoms with Crippen LogP contribution in [0.25, 0.3) is 23.1 Å². The van der Waals surface area contributed by atoms with Crippen LogP contribution in [-0.4, -0.2) is 22.1 Å². The molecular formula is C36H31N3O6S. The van der Waals surface area contributed by atoms with Crippen LogP contribution < -0.4 is 14.9 Å². The summed E-state index contributed by atoms with van der Waals surface area (Å²) in [5, 5.41) is 11.7. The van der Waals surface area contributed by atoms with E-state index < -0.39 is 16.9 Å². The molecule has 6 rings (SSSR count). The molecule has 3 heterocycles. The number of furan rings is 1. The zero-order valence-corrected chi connectivity index (χ0v) is 26.5. The lowest BCUT2D eigenvalue weighted by Gasteiger charge is -2.26. The largest absolute Gasteiger partial charge is 0.463 e. The Labute approximate surface area is 268 Å². The van der Waals surface area contributed by atoms with E-state index in [2.05, 4.69) is 13.8 Å². The highest BCUT2D eigenvalue weighted by Crippen LogP contribution is 2.36. The van der Waals surface area contributed by atoms with Crippen molar-refractivity contribution < 1.29 is 18.9 Å². The molecule has 0 aliphatic carbocycles. The van der Waals surface area contributed by atoms with Crippen LogP contribution in [0.3, 0.4) is 0 Å². The van der Waals surface area contributed by atoms with Crippen molar-refractivity contribution in [1.29, 1.82) is 0 Å². The molecule has 1 aliphatic rings. The van der Waals surface area contributed by atoms with Crippen LogP contribution in [0.5, 0.6) is 0 Å². The molecule has 3 aromatic carbocycles. The minimum absolute atomic E-state index is 0.0660. The van der Waals surface area contributed by atoms with Crippen molar-refractivity contribution in [2.45, 2.75) is 39.7 Å². The fourth-order valence-corrected chi connectivity index (χ4v) is 6.51. The second-order valence-electron chi connectivity index (χ2n) is 11.2. The normalized spacial score (nSPS) is 14.7. The van der Waals surface area contributed by atoms with E-state index >= 15 is 0 Å². The molecule has 1 aliphatic heterocycles. The number of carbonyl (C=O) groups is 1. The molecule has 232 valence electrons. The van der Waals surface area contributed by atoms with Crippen LogP contribution >= 0.6 is 11.3 Å². The monoisotopic (exact) mass is 633 g/mol. The van der Waals surface area contributed by atoms with Gasteiger partial charge < -0.3 is 9.15 Å². The number of hydrogen-bond donors (Lipinski definition) is 0. The number of benzene rings is 3. The molecular weight excluding hydrogens is 602 g/mol. The number of aromatic nitrogens is 1. The van der Waals surface area contributed by atoms with E-state index in [1.54, 1.807) is 44.2 Å². The lowest BCUT2D eigenvalue weighted by atomic mass is 9.91. The van der Waals surface area contributed by atoms with Gasteiger partial charge in [0.1, 0.15) is 11.5 Å². The number of aryl methyl sites for hydroxylation is 1. The van der Waals surface area contributed by atoms with E-state index in [1.165, 1.54) is 22.0 Å². The molecule has 0 spiro atoms. The van der Waals surface area contributed by atoms with Gasteiger partial charge in [-0.05, 0) is 54.7 Å². The number of fused-ring (bicyclic) bond motifs is 1. The molecule has 46 heavy (non-hydrogen) atoms. The molecule has 9 nitrogen and oxygen atoms in total. The van der Waals surface area contributed by atoms with Gasteiger partial charge in [-0.3, -0.25) is 19.5 Å². The van der Waals surface area contributed by atoms with Gasteiger partial charge in [0.2, 0.25) is 0 Å². The van der Waals surface area contributed by atoms with E-state index in [0.717, 1.165) is 22.3 Å². The summed E-state index contributed by atoms with van der Waals surface area (Å²) in [6, 6.07) is 24.7. The number of ether oxygens (including phenoxy) is 1. The molecule has 5 aromatic rings. The highest BCUT2D eigenvalue weighted by atomic mass is 32.1. The van der Waals surface area contributed by atoms with Crippen LogP contribution in [0.1, 0.15) is 60.7 Å². The summed E-state index contributed by atoms with van der Waals surface area (Å²) in [6.07, 6.45) is 1.60. The quantitative estimate of drug-likeness (QED) is 0.109. The number of carbonyl (C=O) groups excluding carboxylic acids is 1. The van der Waals surface area contributed by atoms with E-state index in [-0.39, 0.29) is 23.4 Å². The summed E-state index contributed by atoms with van der Waals surface area (Å²) in [6.45, 7) is 7.89. The first-order chi connectivity index (χ1) is 22.2. The van der Waals surface area contributed by atoms with Crippen molar-refractivity contribution in [3.8, 4) is 11.3 Å². The van der Waals surface area contributed by atoms with Crippen LogP contribution in [0.2, 0.25) is 0 Å². The van der Waals surface area contributed by atoms with Gasteiger partial charge in [0.15, 0.2) is 4.80 Å². The van der Waals surface area contributed by atoms with Gasteiger partial charge in [0, 0.05) is 17.7 Å². The van der Waals surface area contributed by atoms with Crippen LogP contribution in [-0.2, 0) is 9.53 Å². The smallest absolute Gasteiger partial charge is 0.338 e. The third kappa shape index (κ3) is 5.75. The molecule has 0 fully saturated rings. The lowest BCUT2D eigenvalue weighted by Crippen LogP contribution is -2.40. The Bertz CT molecular complexity index is 2170. The maximum absolute atomic E-state index is 14.2. The number of esters is 1. The van der Waals surface area contributed by atoms with Gasteiger partial charge in [-0.25, -0.2) is 9.79 Å². The average molecular weight is 634 g/mol. The molecule has 0 N–H and O–H groups in total. The van der Waals surface area contributed by atoms with Gasteiger partial charge in [0.05, 0.1) is 38.9 Å². The Kier molecular flexibility index (Phi) is 8.38. The first-order valence-corrected chi connectivity index (χ1v) is 15.7. The fourth-order valence-electron chi connectivity index (χ4n) is 5.52. The number of nitro benzene ring substituents is 1. The Hall–Kier alpha value is -5.35. The van der Waals surface area contributed by atoms with Crippen molar-refractivity contribution in [1.82, 2.24) is 4.57 Å². The molecule has 0 amide bonds. The van der Waals surface area contributed by atoms with Crippen LogP contribution in [0.4, 0.5) is 5.69 Å². The van der Waals surface area contributed by atoms with Crippen molar-refractivity contribution in [3.05, 3.63) is 148 Å². The molecule has 0 radical (unpaired) electrons. The first-order valence-electron chi connectivity index (χ1n) is 14.9. The number of rotatable bonds is 8. The topological polar surface area (TPSA) is 117 Å². The van der Waals surface area contributed by atoms with Crippen LogP contribution in [0, 0.1) is 17.0 Å². The van der Waals surface area contributed by atoms with Gasteiger partial charge in [-0.1, -0.05) is 85.8 Å². The highest BCUT2D eigenvalue weighted by molar-refractivity contribution is 7.07. The van der Waals surface area contributed by atoms with E-state index in [1.807, 2.05) is 54.6 Å².